The minimum absolute atomic E-state index is 0. The van der Waals surface area contributed by atoms with E-state index in [-0.39, 0.29) is 62.7 Å². The van der Waals surface area contributed by atoms with Gasteiger partial charge in [-0.25, -0.2) is 0 Å². The Bertz CT molecular complexity index is 325. The molecule has 0 aliphatic carbocycles. The minimum atomic E-state index is -1.42. The van der Waals surface area contributed by atoms with Crippen molar-refractivity contribution in [1.82, 2.24) is 0 Å². The Balaban J connectivity index is 0.00000169. The maximum Gasteiger partial charge on any atom is 1.00 e. The van der Waals surface area contributed by atoms with E-state index in [0.29, 0.717) is 12.4 Å². The molecule has 0 spiro atoms. The first-order valence-electron chi connectivity index (χ1n) is 3.82. The van der Waals surface area contributed by atoms with Gasteiger partial charge in [0.25, 0.3) is 0 Å². The van der Waals surface area contributed by atoms with Gasteiger partial charge in [0.05, 0.1) is 12.6 Å². The molecular formula is C9H9KO4. The Morgan fingerprint density at radius 1 is 1.57 bits per heavy atom. The Hall–Kier alpha value is -0.0736. The van der Waals surface area contributed by atoms with Crippen molar-refractivity contribution >= 4 is 5.97 Å². The number of aromatic hydroxyl groups is 1. The Kier molecular flexibility index (Phi) is 6.38. The molecule has 0 unspecified atom stereocenters. The van der Waals surface area contributed by atoms with E-state index in [2.05, 4.69) is 0 Å². The van der Waals surface area contributed by atoms with Crippen molar-refractivity contribution in [3.8, 4) is 11.5 Å². The zero-order chi connectivity index (χ0) is 9.84. The van der Waals surface area contributed by atoms with E-state index in [4.69, 9.17) is 9.84 Å². The van der Waals surface area contributed by atoms with Gasteiger partial charge in [0.15, 0.2) is 0 Å². The molecule has 0 saturated carbocycles. The molecule has 0 aliphatic heterocycles. The van der Waals surface area contributed by atoms with Crippen molar-refractivity contribution in [3.63, 3.8) is 0 Å². The largest absolute Gasteiger partial charge is 1.00 e. The molecule has 0 bridgehead atoms. The number of carboxylic acids is 1. The van der Waals surface area contributed by atoms with Crippen molar-refractivity contribution in [2.24, 2.45) is 0 Å². The second-order valence-corrected chi connectivity index (χ2v) is 2.40. The molecule has 0 aromatic heterocycles. The summed E-state index contributed by atoms with van der Waals surface area (Å²) in [6, 6.07) is 3.98. The molecule has 0 amide bonds. The Labute approximate surface area is 124 Å². The molecule has 0 radical (unpaired) electrons. The van der Waals surface area contributed by atoms with E-state index in [1.165, 1.54) is 18.2 Å². The van der Waals surface area contributed by atoms with E-state index in [0.717, 1.165) is 0 Å². The van der Waals surface area contributed by atoms with E-state index in [1.807, 2.05) is 0 Å². The van der Waals surface area contributed by atoms with Gasteiger partial charge in [-0.05, 0) is 25.1 Å². The summed E-state index contributed by atoms with van der Waals surface area (Å²) < 4.78 is 5.05. The Morgan fingerprint density at radius 2 is 2.21 bits per heavy atom. The first kappa shape index (κ1) is 13.9. The fourth-order valence-electron chi connectivity index (χ4n) is 0.935. The van der Waals surface area contributed by atoms with E-state index >= 15 is 0 Å². The molecule has 1 aromatic carbocycles. The molecule has 70 valence electrons. The van der Waals surface area contributed by atoms with Gasteiger partial charge in [-0.3, -0.25) is 0 Å². The van der Waals surface area contributed by atoms with Crippen molar-refractivity contribution in [1.29, 1.82) is 0 Å². The number of ether oxygens (including phenoxy) is 1. The summed E-state index contributed by atoms with van der Waals surface area (Å²) in [5.41, 5.74) is -0.258. The topological polar surface area (TPSA) is 69.6 Å². The number of rotatable bonds is 3. The maximum absolute atomic E-state index is 10.5. The van der Waals surface area contributed by atoms with Crippen LogP contribution in [-0.4, -0.2) is 17.7 Å². The number of carboxylic acid groups (broad SMARTS) is 1. The van der Waals surface area contributed by atoms with Gasteiger partial charge in [-0.15, -0.1) is 0 Å². The van der Waals surface area contributed by atoms with Crippen molar-refractivity contribution < 1.29 is 71.1 Å². The normalized spacial score (nSPS) is 8.93. The predicted molar refractivity (Wildman–Crippen MR) is 43.6 cm³/mol. The van der Waals surface area contributed by atoms with Gasteiger partial charge in [0, 0.05) is 5.56 Å². The smallest absolute Gasteiger partial charge is 0.545 e. The van der Waals surface area contributed by atoms with Crippen LogP contribution in [0.3, 0.4) is 0 Å². The standard InChI is InChI=1S/C9H10O4.K/c1-2-13-6-3-4-8(10)7(5-6)9(11)12;/h3-5,10H,2H2,1H3,(H,11,12);/q;+1/p-1. The number of hydrogen-bond donors (Lipinski definition) is 1. The molecule has 0 fully saturated rings. The van der Waals surface area contributed by atoms with Gasteiger partial charge in [-0.1, -0.05) is 0 Å². The molecular weight excluding hydrogens is 211 g/mol. The summed E-state index contributed by atoms with van der Waals surface area (Å²) in [5.74, 6) is -1.33. The van der Waals surface area contributed by atoms with Crippen LogP contribution in [0.15, 0.2) is 18.2 Å². The number of hydrogen-bond acceptors (Lipinski definition) is 4. The summed E-state index contributed by atoms with van der Waals surface area (Å²) >= 11 is 0. The number of carbonyl (C=O) groups is 1. The van der Waals surface area contributed by atoms with Gasteiger partial charge in [-0.2, -0.15) is 0 Å². The number of phenols is 1. The quantitative estimate of drug-likeness (QED) is 0.557. The van der Waals surface area contributed by atoms with Crippen LogP contribution in [-0.2, 0) is 0 Å². The van der Waals surface area contributed by atoms with Crippen molar-refractivity contribution in [3.05, 3.63) is 23.8 Å². The first-order valence-corrected chi connectivity index (χ1v) is 3.82. The molecule has 0 heterocycles. The monoisotopic (exact) mass is 220 g/mol. The van der Waals surface area contributed by atoms with E-state index in [9.17, 15) is 9.90 Å². The molecule has 14 heavy (non-hydrogen) atoms. The number of aromatic carboxylic acids is 1. The van der Waals surface area contributed by atoms with Crippen LogP contribution in [0.25, 0.3) is 0 Å². The zero-order valence-electron chi connectivity index (χ0n) is 8.11. The maximum atomic E-state index is 10.5. The molecule has 5 heteroatoms. The third-order valence-corrected chi connectivity index (χ3v) is 1.50. The van der Waals surface area contributed by atoms with Crippen molar-refractivity contribution in [2.75, 3.05) is 6.61 Å². The van der Waals surface area contributed by atoms with Crippen LogP contribution < -0.4 is 61.2 Å². The minimum Gasteiger partial charge on any atom is -0.545 e. The van der Waals surface area contributed by atoms with Gasteiger partial charge < -0.3 is 19.7 Å². The van der Waals surface area contributed by atoms with Crippen LogP contribution in [0.1, 0.15) is 17.3 Å². The van der Waals surface area contributed by atoms with E-state index in [1.54, 1.807) is 6.92 Å². The summed E-state index contributed by atoms with van der Waals surface area (Å²) in [5, 5.41) is 19.5. The first-order chi connectivity index (χ1) is 6.15. The molecule has 1 rings (SSSR count). The Morgan fingerprint density at radius 3 is 2.71 bits per heavy atom. The third kappa shape index (κ3) is 3.59. The van der Waals surface area contributed by atoms with Crippen LogP contribution in [0.2, 0.25) is 0 Å². The second-order valence-electron chi connectivity index (χ2n) is 2.40. The van der Waals surface area contributed by atoms with Crippen LogP contribution in [0.4, 0.5) is 0 Å². The SMILES string of the molecule is CCOc1ccc(O)c(C(=O)[O-])c1.[K+]. The summed E-state index contributed by atoms with van der Waals surface area (Å²) in [6.45, 7) is 2.23. The van der Waals surface area contributed by atoms with Crippen LogP contribution >= 0.6 is 0 Å². The average Bonchev–Trinajstić information content (AvgIpc) is 2.08. The van der Waals surface area contributed by atoms with Gasteiger partial charge >= 0.3 is 51.4 Å². The van der Waals surface area contributed by atoms with Crippen LogP contribution in [0.5, 0.6) is 11.5 Å². The zero-order valence-corrected chi connectivity index (χ0v) is 11.2. The number of carbonyl (C=O) groups excluding carboxylic acids is 1. The second kappa shape index (κ2) is 6.42. The summed E-state index contributed by atoms with van der Waals surface area (Å²) in [4.78, 5) is 10.5. The molecule has 0 aliphatic rings. The van der Waals surface area contributed by atoms with E-state index < -0.39 is 5.97 Å². The fourth-order valence-corrected chi connectivity index (χ4v) is 0.935. The molecule has 0 saturated heterocycles. The van der Waals surface area contributed by atoms with Crippen molar-refractivity contribution in [2.45, 2.75) is 6.92 Å². The number of benzene rings is 1. The molecule has 4 nitrogen and oxygen atoms in total. The summed E-state index contributed by atoms with van der Waals surface area (Å²) in [7, 11) is 0. The molecule has 1 N–H and O–H groups in total. The third-order valence-electron chi connectivity index (χ3n) is 1.50. The average molecular weight is 220 g/mol. The summed E-state index contributed by atoms with van der Waals surface area (Å²) in [6.07, 6.45) is 0. The van der Waals surface area contributed by atoms with Gasteiger partial charge in [0.1, 0.15) is 11.5 Å². The molecule has 0 atom stereocenters. The van der Waals surface area contributed by atoms with Gasteiger partial charge in [0.2, 0.25) is 0 Å². The predicted octanol–water partition coefficient (Wildman–Crippen LogP) is -2.84. The fraction of sp³-hybridized carbons (Fsp3) is 0.222. The van der Waals surface area contributed by atoms with Crippen LogP contribution in [0, 0.1) is 0 Å². The molecule has 1 aromatic rings.